The SMILES string of the molecule is Cc1cc2c(cc1N(c1ccc(C(C)(C)C)cc1)c1cc(-c3ccccc3)cc(N(c3ccc4c(c3)oc3cc5c(cc34)C(C)(C)CCC5(C)C)c3ccc(C(C)(C)C)cc3-c3ccccc3)c1)C(C)(C)CCC2(C)C. The number of fused-ring (bicyclic) bond motifs is 5. The second kappa shape index (κ2) is 18.1. The highest BCUT2D eigenvalue weighted by molar-refractivity contribution is 6.07. The number of nitrogens with zero attached hydrogens (tertiary/aromatic N) is 2. The molecule has 0 atom stereocenters. The fourth-order valence-corrected chi connectivity index (χ4v) is 12.6. The predicted octanol–water partition coefficient (Wildman–Crippen LogP) is 21.5. The van der Waals surface area contributed by atoms with Crippen molar-refractivity contribution >= 4 is 56.1 Å². The molecule has 0 saturated heterocycles. The van der Waals surface area contributed by atoms with Gasteiger partial charge in [0.05, 0.1) is 5.69 Å². The Balaban J connectivity index is 1.21. The lowest BCUT2D eigenvalue weighted by molar-refractivity contribution is 0.332. The average Bonchev–Trinajstić information content (AvgIpc) is 3.91. The number of hydrogen-bond acceptors (Lipinski definition) is 3. The molecule has 0 radical (unpaired) electrons. The van der Waals surface area contributed by atoms with Crippen LogP contribution in [-0.4, -0.2) is 0 Å². The number of aryl methyl sites for hydroxylation is 1. The number of rotatable bonds is 8. The zero-order chi connectivity index (χ0) is 53.9. The number of benzene rings is 8. The molecular formula is C73H80N2O. The molecule has 3 heteroatoms. The fourth-order valence-electron chi connectivity index (χ4n) is 12.6. The molecule has 1 heterocycles. The maximum absolute atomic E-state index is 7.08. The van der Waals surface area contributed by atoms with Crippen molar-refractivity contribution in [2.45, 2.75) is 162 Å². The van der Waals surface area contributed by atoms with Gasteiger partial charge in [-0.25, -0.2) is 0 Å². The smallest absolute Gasteiger partial charge is 0.137 e. The summed E-state index contributed by atoms with van der Waals surface area (Å²) < 4.78 is 7.08. The van der Waals surface area contributed by atoms with Crippen molar-refractivity contribution in [3.8, 4) is 22.3 Å². The molecule has 11 rings (SSSR count). The van der Waals surface area contributed by atoms with E-state index in [0.717, 1.165) is 75.4 Å². The Morgan fingerprint density at radius 3 is 1.41 bits per heavy atom. The van der Waals surface area contributed by atoms with Crippen LogP contribution < -0.4 is 9.80 Å². The largest absolute Gasteiger partial charge is 0.456 e. The predicted molar refractivity (Wildman–Crippen MR) is 327 cm³/mol. The summed E-state index contributed by atoms with van der Waals surface area (Å²) in [6.07, 6.45) is 4.63. The summed E-state index contributed by atoms with van der Waals surface area (Å²) in [6, 6.07) is 62.5. The second-order valence-electron chi connectivity index (χ2n) is 27.3. The van der Waals surface area contributed by atoms with E-state index >= 15 is 0 Å². The molecule has 1 aromatic heterocycles. The van der Waals surface area contributed by atoms with E-state index < -0.39 is 0 Å². The Bertz CT molecular complexity index is 3660. The van der Waals surface area contributed by atoms with Gasteiger partial charge in [-0.15, -0.1) is 0 Å². The van der Waals surface area contributed by atoms with Gasteiger partial charge in [-0.3, -0.25) is 0 Å². The van der Waals surface area contributed by atoms with Crippen LogP contribution in [0.2, 0.25) is 0 Å². The van der Waals surface area contributed by atoms with Crippen LogP contribution >= 0.6 is 0 Å². The van der Waals surface area contributed by atoms with E-state index in [4.69, 9.17) is 4.42 Å². The van der Waals surface area contributed by atoms with Gasteiger partial charge < -0.3 is 14.2 Å². The summed E-state index contributed by atoms with van der Waals surface area (Å²) in [4.78, 5) is 5.04. The van der Waals surface area contributed by atoms with Gasteiger partial charge in [0.25, 0.3) is 0 Å². The van der Waals surface area contributed by atoms with Crippen molar-refractivity contribution in [3.05, 3.63) is 203 Å². The first-order valence-corrected chi connectivity index (χ1v) is 28.1. The van der Waals surface area contributed by atoms with Gasteiger partial charge in [-0.1, -0.05) is 182 Å². The minimum atomic E-state index is -0.0671. The molecule has 3 nitrogen and oxygen atoms in total. The van der Waals surface area contributed by atoms with Crippen LogP contribution in [0.5, 0.6) is 0 Å². The zero-order valence-electron chi connectivity index (χ0n) is 48.2. The van der Waals surface area contributed by atoms with E-state index in [-0.39, 0.29) is 32.5 Å². The van der Waals surface area contributed by atoms with Crippen LogP contribution in [0, 0.1) is 6.92 Å². The summed E-state index contributed by atoms with van der Waals surface area (Å²) in [5.41, 5.74) is 22.9. The summed E-state index contributed by atoms with van der Waals surface area (Å²) in [7, 11) is 0. The van der Waals surface area contributed by atoms with Crippen LogP contribution in [0.15, 0.2) is 168 Å². The zero-order valence-corrected chi connectivity index (χ0v) is 48.2. The molecule has 76 heavy (non-hydrogen) atoms. The Morgan fingerprint density at radius 2 is 0.842 bits per heavy atom. The minimum absolute atomic E-state index is 0.00803. The third-order valence-corrected chi connectivity index (χ3v) is 17.8. The highest BCUT2D eigenvalue weighted by atomic mass is 16.3. The lowest BCUT2D eigenvalue weighted by atomic mass is 9.63. The topological polar surface area (TPSA) is 19.6 Å². The van der Waals surface area contributed by atoms with E-state index in [9.17, 15) is 0 Å². The van der Waals surface area contributed by atoms with Crippen molar-refractivity contribution < 1.29 is 4.42 Å². The molecule has 0 amide bonds. The monoisotopic (exact) mass is 1000 g/mol. The van der Waals surface area contributed by atoms with Crippen LogP contribution in [0.25, 0.3) is 44.2 Å². The lowest BCUT2D eigenvalue weighted by Gasteiger charge is -2.43. The third kappa shape index (κ3) is 9.16. The van der Waals surface area contributed by atoms with Crippen LogP contribution in [0.1, 0.15) is 162 Å². The van der Waals surface area contributed by atoms with Crippen molar-refractivity contribution in [2.75, 3.05) is 9.80 Å². The molecule has 0 unspecified atom stereocenters. The van der Waals surface area contributed by atoms with E-state index in [2.05, 4.69) is 277 Å². The Hall–Kier alpha value is -6.84. The molecule has 0 N–H and O–H groups in total. The fraction of sp³-hybridized carbons (Fsp3) is 0.342. The standard InChI is InChI=1S/C73H80N2O/c1-47-38-60-62(72(12,13)36-34-70(60,8)9)45-65(47)74(53-29-26-51(27-30-53)68(2,3)4)55-39-50(48-22-18-16-19-23-48)40-56(42-55)75(64-33-28-52(69(5,6)7)41-58(64)49-24-20-17-21-25-49)54-31-32-57-59-44-61-63(46-67(59)76-66(57)43-54)73(14,15)37-35-71(61,10)11/h16-33,38-46H,34-37H2,1-15H3. The molecular weight excluding hydrogens is 921 g/mol. The number of furan rings is 1. The number of hydrogen-bond donors (Lipinski definition) is 0. The molecule has 0 saturated carbocycles. The van der Waals surface area contributed by atoms with Crippen LogP contribution in [0.3, 0.4) is 0 Å². The van der Waals surface area contributed by atoms with Crippen LogP contribution in [0.4, 0.5) is 34.1 Å². The van der Waals surface area contributed by atoms with E-state index in [1.807, 2.05) is 0 Å². The van der Waals surface area contributed by atoms with E-state index in [0.29, 0.717) is 0 Å². The molecule has 2 aliphatic rings. The Labute approximate surface area is 455 Å². The van der Waals surface area contributed by atoms with Crippen molar-refractivity contribution in [2.24, 2.45) is 0 Å². The lowest BCUT2D eigenvalue weighted by Crippen LogP contribution is -2.34. The van der Waals surface area contributed by atoms with Gasteiger partial charge in [0, 0.05) is 50.8 Å². The van der Waals surface area contributed by atoms with Crippen molar-refractivity contribution in [1.82, 2.24) is 0 Å². The van der Waals surface area contributed by atoms with E-state index in [1.165, 1.54) is 67.6 Å². The molecule has 2 aliphatic carbocycles. The summed E-state index contributed by atoms with van der Waals surface area (Å²) in [5, 5.41) is 2.33. The highest BCUT2D eigenvalue weighted by Gasteiger charge is 2.40. The maximum Gasteiger partial charge on any atom is 0.137 e. The van der Waals surface area contributed by atoms with Gasteiger partial charge in [0.2, 0.25) is 0 Å². The van der Waals surface area contributed by atoms with Gasteiger partial charge in [0.1, 0.15) is 11.2 Å². The van der Waals surface area contributed by atoms with Gasteiger partial charge in [-0.2, -0.15) is 0 Å². The molecule has 0 bridgehead atoms. The number of anilines is 6. The summed E-state index contributed by atoms with van der Waals surface area (Å²) in [6.45, 7) is 35.5. The molecule has 0 aliphatic heterocycles. The summed E-state index contributed by atoms with van der Waals surface area (Å²) in [5.74, 6) is 0. The molecule has 8 aromatic carbocycles. The highest BCUT2D eigenvalue weighted by Crippen LogP contribution is 2.53. The van der Waals surface area contributed by atoms with Crippen molar-refractivity contribution in [1.29, 1.82) is 0 Å². The first-order valence-electron chi connectivity index (χ1n) is 28.1. The van der Waals surface area contributed by atoms with Crippen LogP contribution in [-0.2, 0) is 32.5 Å². The van der Waals surface area contributed by atoms with Crippen molar-refractivity contribution in [3.63, 3.8) is 0 Å². The first-order chi connectivity index (χ1) is 35.8. The second-order valence-corrected chi connectivity index (χ2v) is 27.3. The van der Waals surface area contributed by atoms with Gasteiger partial charge in [0.15, 0.2) is 0 Å². The van der Waals surface area contributed by atoms with Gasteiger partial charge >= 0.3 is 0 Å². The molecule has 9 aromatic rings. The molecule has 388 valence electrons. The molecule has 0 fully saturated rings. The Morgan fingerprint density at radius 1 is 0.368 bits per heavy atom. The van der Waals surface area contributed by atoms with Gasteiger partial charge in [-0.05, 0) is 194 Å². The molecule has 0 spiro atoms. The Kier molecular flexibility index (Phi) is 12.2. The third-order valence-electron chi connectivity index (χ3n) is 17.8. The normalized spacial score (nSPS) is 16.6. The average molecular weight is 1000 g/mol. The minimum Gasteiger partial charge on any atom is -0.456 e. The maximum atomic E-state index is 7.08. The quantitative estimate of drug-likeness (QED) is 0.151. The summed E-state index contributed by atoms with van der Waals surface area (Å²) >= 11 is 0. The van der Waals surface area contributed by atoms with E-state index in [1.54, 1.807) is 0 Å². The first kappa shape index (κ1) is 51.3.